The van der Waals surface area contributed by atoms with Gasteiger partial charge in [0.25, 0.3) is 0 Å². The van der Waals surface area contributed by atoms with Crippen LogP contribution in [0.3, 0.4) is 0 Å². The number of furan rings is 1. The summed E-state index contributed by atoms with van der Waals surface area (Å²) in [5, 5.41) is 0. The SMILES string of the molecule is Ic1c(-c2ccccc2)oc(-c2ccccc2)c1C#Cc1ccccc1. The Labute approximate surface area is 166 Å². The van der Waals surface area contributed by atoms with Crippen LogP contribution in [0, 0.1) is 15.4 Å². The Hall–Kier alpha value is -2.77. The third-order valence-corrected chi connectivity index (χ3v) is 5.06. The van der Waals surface area contributed by atoms with Gasteiger partial charge in [0.15, 0.2) is 5.76 Å². The van der Waals surface area contributed by atoms with Gasteiger partial charge in [-0.2, -0.15) is 0 Å². The molecule has 0 aliphatic heterocycles. The van der Waals surface area contributed by atoms with E-state index in [-0.39, 0.29) is 0 Å². The molecule has 0 aliphatic carbocycles. The summed E-state index contributed by atoms with van der Waals surface area (Å²) < 4.78 is 7.33. The maximum absolute atomic E-state index is 6.30. The Kier molecular flexibility index (Phi) is 4.90. The summed E-state index contributed by atoms with van der Waals surface area (Å²) in [6, 6.07) is 30.3. The average Bonchev–Trinajstić information content (AvgIpc) is 3.05. The summed E-state index contributed by atoms with van der Waals surface area (Å²) in [7, 11) is 0. The predicted molar refractivity (Wildman–Crippen MR) is 115 cm³/mol. The summed E-state index contributed by atoms with van der Waals surface area (Å²) in [6.07, 6.45) is 0. The number of hydrogen-bond acceptors (Lipinski definition) is 1. The fourth-order valence-corrected chi connectivity index (χ4v) is 3.55. The van der Waals surface area contributed by atoms with Crippen LogP contribution in [0.25, 0.3) is 22.6 Å². The molecule has 1 nitrogen and oxygen atoms in total. The lowest BCUT2D eigenvalue weighted by molar-refractivity contribution is 0.595. The first-order chi connectivity index (χ1) is 12.8. The molecule has 4 aromatic rings. The lowest BCUT2D eigenvalue weighted by atomic mass is 10.1. The van der Waals surface area contributed by atoms with Crippen LogP contribution in [0.5, 0.6) is 0 Å². The second-order valence-electron chi connectivity index (χ2n) is 5.80. The molecule has 124 valence electrons. The molecule has 4 rings (SSSR count). The van der Waals surface area contributed by atoms with Gasteiger partial charge in [-0.25, -0.2) is 0 Å². The van der Waals surface area contributed by atoms with E-state index in [1.54, 1.807) is 0 Å². The predicted octanol–water partition coefficient (Wildman–Crippen LogP) is 6.62. The fraction of sp³-hybridized carbons (Fsp3) is 0. The molecule has 0 N–H and O–H groups in total. The summed E-state index contributed by atoms with van der Waals surface area (Å²) in [6.45, 7) is 0. The molecule has 3 aromatic carbocycles. The highest BCUT2D eigenvalue weighted by Crippen LogP contribution is 2.37. The summed E-state index contributed by atoms with van der Waals surface area (Å²) in [5.74, 6) is 8.28. The molecule has 0 saturated carbocycles. The van der Waals surface area contributed by atoms with E-state index in [2.05, 4.69) is 58.7 Å². The molecular formula is C24H15IO. The maximum atomic E-state index is 6.30. The summed E-state index contributed by atoms with van der Waals surface area (Å²) in [5.41, 5.74) is 4.01. The molecule has 0 radical (unpaired) electrons. The minimum atomic E-state index is 0.817. The topological polar surface area (TPSA) is 13.1 Å². The van der Waals surface area contributed by atoms with Gasteiger partial charge in [-0.3, -0.25) is 0 Å². The maximum Gasteiger partial charge on any atom is 0.151 e. The Morgan fingerprint density at radius 3 is 1.65 bits per heavy atom. The molecule has 2 heteroatoms. The molecule has 0 amide bonds. The van der Waals surface area contributed by atoms with Crippen LogP contribution < -0.4 is 0 Å². The van der Waals surface area contributed by atoms with Gasteiger partial charge in [0.2, 0.25) is 0 Å². The van der Waals surface area contributed by atoms with Crippen molar-refractivity contribution in [2.75, 3.05) is 0 Å². The molecule has 0 atom stereocenters. The first-order valence-corrected chi connectivity index (χ1v) is 9.41. The van der Waals surface area contributed by atoms with Crippen LogP contribution in [-0.4, -0.2) is 0 Å². The number of hydrogen-bond donors (Lipinski definition) is 0. The third-order valence-electron chi connectivity index (χ3n) is 4.03. The standard InChI is InChI=1S/C24H15IO/c25-22-21(17-16-18-10-4-1-5-11-18)23(19-12-6-2-7-13-19)26-24(22)20-14-8-3-9-15-20/h1-15H. The zero-order chi connectivity index (χ0) is 17.8. The minimum absolute atomic E-state index is 0.817. The largest absolute Gasteiger partial charge is 0.454 e. The van der Waals surface area contributed by atoms with Gasteiger partial charge in [0.05, 0.1) is 9.13 Å². The molecule has 0 fully saturated rings. The quantitative estimate of drug-likeness (QED) is 0.249. The van der Waals surface area contributed by atoms with E-state index in [1.165, 1.54) is 0 Å². The first-order valence-electron chi connectivity index (χ1n) is 8.33. The second kappa shape index (κ2) is 7.63. The van der Waals surface area contributed by atoms with E-state index in [0.717, 1.165) is 37.3 Å². The van der Waals surface area contributed by atoms with Crippen LogP contribution in [0.15, 0.2) is 95.4 Å². The molecule has 0 saturated heterocycles. The highest BCUT2D eigenvalue weighted by molar-refractivity contribution is 14.1. The molecular weight excluding hydrogens is 431 g/mol. The minimum Gasteiger partial charge on any atom is -0.454 e. The Morgan fingerprint density at radius 2 is 1.08 bits per heavy atom. The molecule has 0 bridgehead atoms. The van der Waals surface area contributed by atoms with Crippen LogP contribution in [0.2, 0.25) is 0 Å². The third kappa shape index (κ3) is 3.44. The Balaban J connectivity index is 1.89. The van der Waals surface area contributed by atoms with Crippen molar-refractivity contribution in [2.24, 2.45) is 0 Å². The van der Waals surface area contributed by atoms with Crippen LogP contribution in [0.1, 0.15) is 11.1 Å². The normalized spacial score (nSPS) is 10.2. The van der Waals surface area contributed by atoms with Crippen molar-refractivity contribution in [1.29, 1.82) is 0 Å². The number of rotatable bonds is 2. The summed E-state index contributed by atoms with van der Waals surface area (Å²) in [4.78, 5) is 0. The van der Waals surface area contributed by atoms with E-state index < -0.39 is 0 Å². The number of benzene rings is 3. The van der Waals surface area contributed by atoms with Crippen molar-refractivity contribution in [3.05, 3.63) is 106 Å². The van der Waals surface area contributed by atoms with E-state index >= 15 is 0 Å². The molecule has 0 spiro atoms. The Bertz CT molecular complexity index is 1070. The van der Waals surface area contributed by atoms with Crippen molar-refractivity contribution < 1.29 is 4.42 Å². The smallest absolute Gasteiger partial charge is 0.151 e. The van der Waals surface area contributed by atoms with Gasteiger partial charge in [-0.05, 0) is 34.7 Å². The van der Waals surface area contributed by atoms with Crippen LogP contribution >= 0.6 is 22.6 Å². The van der Waals surface area contributed by atoms with E-state index in [4.69, 9.17) is 4.42 Å². The highest BCUT2D eigenvalue weighted by Gasteiger charge is 2.19. The zero-order valence-electron chi connectivity index (χ0n) is 13.9. The van der Waals surface area contributed by atoms with Gasteiger partial charge < -0.3 is 4.42 Å². The number of halogens is 1. The lowest BCUT2D eigenvalue weighted by Crippen LogP contribution is -1.82. The Morgan fingerprint density at radius 1 is 0.577 bits per heavy atom. The van der Waals surface area contributed by atoms with Gasteiger partial charge in [-0.1, -0.05) is 90.7 Å². The van der Waals surface area contributed by atoms with Gasteiger partial charge in [0.1, 0.15) is 5.76 Å². The molecule has 1 heterocycles. The van der Waals surface area contributed by atoms with Crippen molar-refractivity contribution in [2.45, 2.75) is 0 Å². The molecule has 0 aliphatic rings. The molecule has 0 unspecified atom stereocenters. The zero-order valence-corrected chi connectivity index (χ0v) is 16.1. The van der Waals surface area contributed by atoms with E-state index in [1.807, 2.05) is 66.7 Å². The second-order valence-corrected chi connectivity index (χ2v) is 6.88. The fourth-order valence-electron chi connectivity index (χ4n) is 2.75. The van der Waals surface area contributed by atoms with E-state index in [0.29, 0.717) is 0 Å². The van der Waals surface area contributed by atoms with Crippen molar-refractivity contribution in [1.82, 2.24) is 0 Å². The monoisotopic (exact) mass is 446 g/mol. The summed E-state index contributed by atoms with van der Waals surface area (Å²) >= 11 is 2.34. The van der Waals surface area contributed by atoms with Crippen molar-refractivity contribution in [3.63, 3.8) is 0 Å². The van der Waals surface area contributed by atoms with Gasteiger partial charge in [-0.15, -0.1) is 0 Å². The van der Waals surface area contributed by atoms with Gasteiger partial charge in [0, 0.05) is 16.7 Å². The van der Waals surface area contributed by atoms with Crippen molar-refractivity contribution in [3.8, 4) is 34.5 Å². The highest BCUT2D eigenvalue weighted by atomic mass is 127. The van der Waals surface area contributed by atoms with E-state index in [9.17, 15) is 0 Å². The first kappa shape index (κ1) is 16.7. The lowest BCUT2D eigenvalue weighted by Gasteiger charge is -1.98. The van der Waals surface area contributed by atoms with Crippen LogP contribution in [0.4, 0.5) is 0 Å². The van der Waals surface area contributed by atoms with Gasteiger partial charge >= 0.3 is 0 Å². The van der Waals surface area contributed by atoms with Crippen molar-refractivity contribution >= 4 is 22.6 Å². The average molecular weight is 446 g/mol. The molecule has 26 heavy (non-hydrogen) atoms. The van der Waals surface area contributed by atoms with Crippen LogP contribution in [-0.2, 0) is 0 Å². The molecule has 1 aromatic heterocycles.